The second-order valence-electron chi connectivity index (χ2n) is 6.09. The fourth-order valence-electron chi connectivity index (χ4n) is 2.84. The van der Waals surface area contributed by atoms with Gasteiger partial charge in [0.2, 0.25) is 0 Å². The minimum atomic E-state index is 0.173. The second kappa shape index (κ2) is 8.71. The zero-order valence-electron chi connectivity index (χ0n) is 16.5. The van der Waals surface area contributed by atoms with Gasteiger partial charge in [-0.2, -0.15) is 5.26 Å². The molecule has 2 aromatic carbocycles. The number of nitriles is 1. The number of phenols is 1. The number of phenolic OH excluding ortho intramolecular Hbond substituents is 1. The minimum absolute atomic E-state index is 0.173. The molecule has 1 heterocycles. The Bertz CT molecular complexity index is 1100. The summed E-state index contributed by atoms with van der Waals surface area (Å²) in [6.07, 6.45) is 1.87. The quantitative estimate of drug-likeness (QED) is 0.349. The van der Waals surface area contributed by atoms with Gasteiger partial charge < -0.3 is 19.9 Å². The van der Waals surface area contributed by atoms with Crippen LogP contribution in [0.2, 0.25) is 0 Å². The van der Waals surface area contributed by atoms with Crippen LogP contribution >= 0.6 is 11.8 Å². The first-order valence-electron chi connectivity index (χ1n) is 8.65. The van der Waals surface area contributed by atoms with Crippen molar-refractivity contribution in [3.05, 3.63) is 47.5 Å². The number of hydrogen-bond acceptors (Lipinski definition) is 8. The second-order valence-corrected chi connectivity index (χ2v) is 6.86. The van der Waals surface area contributed by atoms with E-state index in [1.165, 1.54) is 11.8 Å². The molecular formula is C21H20N4O3S. The van der Waals surface area contributed by atoms with E-state index < -0.39 is 0 Å². The summed E-state index contributed by atoms with van der Waals surface area (Å²) < 4.78 is 10.7. The summed E-state index contributed by atoms with van der Waals surface area (Å²) in [7, 11) is 3.12. The molecular weight excluding hydrogens is 388 g/mol. The number of nitrogens with one attached hydrogen (secondary N) is 1. The van der Waals surface area contributed by atoms with Crippen LogP contribution in [0.4, 0.5) is 11.5 Å². The standard InChI is InChI=1S/C21H20N4O3S/c1-12-9-14(26)6-7-16(12)23-20-15(11-22)19(24-21(25-20)29-4)13-5-8-17(27-2)18(10-13)28-3/h5-10,26H,1-4H3,(H,23,24,25). The Labute approximate surface area is 173 Å². The average molecular weight is 408 g/mol. The normalized spacial score (nSPS) is 10.3. The lowest BCUT2D eigenvalue weighted by Gasteiger charge is -2.15. The molecule has 0 aliphatic heterocycles. The Morgan fingerprint density at radius 1 is 1.07 bits per heavy atom. The van der Waals surface area contributed by atoms with Gasteiger partial charge in [-0.1, -0.05) is 11.8 Å². The third-order valence-corrected chi connectivity index (χ3v) is 4.85. The van der Waals surface area contributed by atoms with Crippen molar-refractivity contribution < 1.29 is 14.6 Å². The summed E-state index contributed by atoms with van der Waals surface area (Å²) in [5.74, 6) is 1.70. The van der Waals surface area contributed by atoms with Crippen molar-refractivity contribution in [3.63, 3.8) is 0 Å². The first-order chi connectivity index (χ1) is 14.0. The van der Waals surface area contributed by atoms with Gasteiger partial charge in [0.15, 0.2) is 22.5 Å². The molecule has 0 bridgehead atoms. The number of aromatic nitrogens is 2. The summed E-state index contributed by atoms with van der Waals surface area (Å²) in [6, 6.07) is 12.5. The maximum Gasteiger partial charge on any atom is 0.189 e. The Kier molecular flexibility index (Phi) is 6.10. The van der Waals surface area contributed by atoms with E-state index in [4.69, 9.17) is 9.47 Å². The van der Waals surface area contributed by atoms with E-state index in [-0.39, 0.29) is 5.75 Å². The molecule has 0 saturated carbocycles. The van der Waals surface area contributed by atoms with Gasteiger partial charge in [0, 0.05) is 11.3 Å². The van der Waals surface area contributed by atoms with Crippen LogP contribution < -0.4 is 14.8 Å². The highest BCUT2D eigenvalue weighted by atomic mass is 32.2. The number of aromatic hydroxyl groups is 1. The largest absolute Gasteiger partial charge is 0.508 e. The van der Waals surface area contributed by atoms with E-state index in [9.17, 15) is 10.4 Å². The highest BCUT2D eigenvalue weighted by Crippen LogP contribution is 2.36. The Hall–Kier alpha value is -3.44. The first-order valence-corrected chi connectivity index (χ1v) is 9.88. The van der Waals surface area contributed by atoms with Crippen molar-refractivity contribution in [2.45, 2.75) is 12.1 Å². The van der Waals surface area contributed by atoms with Crippen molar-refractivity contribution in [2.24, 2.45) is 0 Å². The van der Waals surface area contributed by atoms with Gasteiger partial charge in [-0.15, -0.1) is 0 Å². The monoisotopic (exact) mass is 408 g/mol. The van der Waals surface area contributed by atoms with E-state index >= 15 is 0 Å². The van der Waals surface area contributed by atoms with Gasteiger partial charge in [0.05, 0.1) is 19.9 Å². The van der Waals surface area contributed by atoms with Crippen molar-refractivity contribution >= 4 is 23.3 Å². The third kappa shape index (κ3) is 4.20. The Morgan fingerprint density at radius 2 is 1.83 bits per heavy atom. The van der Waals surface area contributed by atoms with Gasteiger partial charge in [-0.25, -0.2) is 9.97 Å². The Morgan fingerprint density at radius 3 is 2.45 bits per heavy atom. The lowest BCUT2D eigenvalue weighted by atomic mass is 10.1. The predicted molar refractivity (Wildman–Crippen MR) is 113 cm³/mol. The fraction of sp³-hybridized carbons (Fsp3) is 0.190. The smallest absolute Gasteiger partial charge is 0.189 e. The predicted octanol–water partition coefficient (Wildman–Crippen LogP) is 4.51. The van der Waals surface area contributed by atoms with E-state index in [2.05, 4.69) is 21.4 Å². The number of thioether (sulfide) groups is 1. The van der Waals surface area contributed by atoms with Gasteiger partial charge in [0.25, 0.3) is 0 Å². The van der Waals surface area contributed by atoms with Crippen LogP contribution in [0.3, 0.4) is 0 Å². The number of aryl methyl sites for hydroxylation is 1. The number of benzene rings is 2. The number of ether oxygens (including phenoxy) is 2. The van der Waals surface area contributed by atoms with Crippen LogP contribution in [0.25, 0.3) is 11.3 Å². The molecule has 2 N–H and O–H groups in total. The molecule has 0 fully saturated rings. The number of methoxy groups -OCH3 is 2. The molecule has 0 radical (unpaired) electrons. The van der Waals surface area contributed by atoms with Crippen molar-refractivity contribution in [1.82, 2.24) is 9.97 Å². The van der Waals surface area contributed by atoms with Gasteiger partial charge in [0.1, 0.15) is 17.4 Å². The maximum atomic E-state index is 9.87. The molecule has 0 amide bonds. The molecule has 7 nitrogen and oxygen atoms in total. The van der Waals surface area contributed by atoms with Crippen LogP contribution in [0.5, 0.6) is 17.2 Å². The third-order valence-electron chi connectivity index (χ3n) is 4.30. The minimum Gasteiger partial charge on any atom is -0.508 e. The zero-order chi connectivity index (χ0) is 21.0. The van der Waals surface area contributed by atoms with Crippen LogP contribution in [0.15, 0.2) is 41.6 Å². The Balaban J connectivity index is 2.16. The summed E-state index contributed by atoms with van der Waals surface area (Å²) in [4.78, 5) is 9.04. The molecule has 0 aliphatic carbocycles. The lowest BCUT2D eigenvalue weighted by molar-refractivity contribution is 0.355. The van der Waals surface area contributed by atoms with Crippen molar-refractivity contribution in [1.29, 1.82) is 5.26 Å². The maximum absolute atomic E-state index is 9.87. The van der Waals surface area contributed by atoms with Crippen LogP contribution in [-0.2, 0) is 0 Å². The number of anilines is 2. The fourth-order valence-corrected chi connectivity index (χ4v) is 3.20. The molecule has 29 heavy (non-hydrogen) atoms. The van der Waals surface area contributed by atoms with Crippen molar-refractivity contribution in [2.75, 3.05) is 25.8 Å². The molecule has 3 aromatic rings. The van der Waals surface area contributed by atoms with E-state index in [0.29, 0.717) is 39.3 Å². The molecule has 0 unspecified atom stereocenters. The van der Waals surface area contributed by atoms with Gasteiger partial charge in [-0.3, -0.25) is 0 Å². The molecule has 0 atom stereocenters. The highest BCUT2D eigenvalue weighted by molar-refractivity contribution is 7.98. The van der Waals surface area contributed by atoms with Gasteiger partial charge >= 0.3 is 0 Å². The molecule has 0 spiro atoms. The molecule has 0 aliphatic rings. The van der Waals surface area contributed by atoms with E-state index in [0.717, 1.165) is 11.3 Å². The zero-order valence-corrected chi connectivity index (χ0v) is 17.3. The molecule has 3 rings (SSSR count). The molecule has 148 valence electrons. The number of hydrogen-bond donors (Lipinski definition) is 2. The topological polar surface area (TPSA) is 100 Å². The summed E-state index contributed by atoms with van der Waals surface area (Å²) >= 11 is 1.38. The van der Waals surface area contributed by atoms with Crippen LogP contribution in [-0.4, -0.2) is 35.5 Å². The van der Waals surface area contributed by atoms with Crippen molar-refractivity contribution in [3.8, 4) is 34.6 Å². The van der Waals surface area contributed by atoms with E-state index in [1.807, 2.05) is 19.2 Å². The molecule has 0 saturated heterocycles. The highest BCUT2D eigenvalue weighted by Gasteiger charge is 2.18. The number of nitrogens with zero attached hydrogens (tertiary/aromatic N) is 3. The van der Waals surface area contributed by atoms with E-state index in [1.54, 1.807) is 44.6 Å². The molecule has 8 heteroatoms. The summed E-state index contributed by atoms with van der Waals surface area (Å²) in [6.45, 7) is 1.86. The van der Waals surface area contributed by atoms with Gasteiger partial charge in [-0.05, 0) is 55.1 Å². The average Bonchev–Trinajstić information content (AvgIpc) is 2.74. The summed E-state index contributed by atoms with van der Waals surface area (Å²) in [5.41, 5.74) is 3.07. The first kappa shape index (κ1) is 20.3. The lowest BCUT2D eigenvalue weighted by Crippen LogP contribution is -2.04. The summed E-state index contributed by atoms with van der Waals surface area (Å²) in [5, 5.41) is 23.2. The molecule has 1 aromatic heterocycles. The van der Waals surface area contributed by atoms with Crippen LogP contribution in [0, 0.1) is 18.3 Å². The number of rotatable bonds is 6. The van der Waals surface area contributed by atoms with Crippen LogP contribution in [0.1, 0.15) is 11.1 Å². The SMILES string of the molecule is COc1ccc(-c2nc(SC)nc(Nc3ccc(O)cc3C)c2C#N)cc1OC.